The molecule has 1 saturated heterocycles. The Morgan fingerprint density at radius 1 is 1.41 bits per heavy atom. The fraction of sp³-hybridized carbons (Fsp3) is 0.588. The summed E-state index contributed by atoms with van der Waals surface area (Å²) in [5.41, 5.74) is 1.04. The molecule has 1 aliphatic heterocycles. The summed E-state index contributed by atoms with van der Waals surface area (Å²) in [6.45, 7) is 5.15. The number of hydrogen-bond donors (Lipinski definition) is 0. The third-order valence-corrected chi connectivity index (χ3v) is 4.47. The largest absolute Gasteiger partial charge is 0.466 e. The van der Waals surface area contributed by atoms with E-state index in [9.17, 15) is 9.18 Å². The van der Waals surface area contributed by atoms with Gasteiger partial charge in [0, 0.05) is 6.42 Å². The van der Waals surface area contributed by atoms with Gasteiger partial charge in [0.25, 0.3) is 0 Å². The first-order valence-electron chi connectivity index (χ1n) is 7.93. The van der Waals surface area contributed by atoms with Crippen molar-refractivity contribution >= 4 is 17.6 Å². The number of nitrogens with zero attached hydrogens (tertiary/aromatic N) is 1. The first-order chi connectivity index (χ1) is 10.6. The highest BCUT2D eigenvalue weighted by molar-refractivity contribution is 6.30. The van der Waals surface area contributed by atoms with E-state index in [2.05, 4.69) is 4.90 Å². The highest BCUT2D eigenvalue weighted by atomic mass is 35.5. The number of likely N-dealkylation sites (tertiary alicyclic amines) is 1. The molecule has 1 heterocycles. The van der Waals surface area contributed by atoms with Crippen LogP contribution in [-0.4, -0.2) is 37.1 Å². The predicted molar refractivity (Wildman–Crippen MR) is 85.7 cm³/mol. The third-order valence-electron chi connectivity index (χ3n) is 4.16. The molecule has 122 valence electrons. The van der Waals surface area contributed by atoms with Gasteiger partial charge in [0.05, 0.1) is 11.6 Å². The van der Waals surface area contributed by atoms with Crippen molar-refractivity contribution in [3.05, 3.63) is 34.6 Å². The van der Waals surface area contributed by atoms with Crippen LogP contribution >= 0.6 is 11.6 Å². The maximum atomic E-state index is 13.5. The molecule has 22 heavy (non-hydrogen) atoms. The summed E-state index contributed by atoms with van der Waals surface area (Å²) < 4.78 is 18.5. The molecule has 1 fully saturated rings. The molecule has 0 aliphatic carbocycles. The minimum Gasteiger partial charge on any atom is -0.466 e. The Morgan fingerprint density at radius 3 is 2.77 bits per heavy atom. The number of hydrogen-bond acceptors (Lipinski definition) is 3. The van der Waals surface area contributed by atoms with E-state index in [4.69, 9.17) is 16.3 Å². The van der Waals surface area contributed by atoms with E-state index >= 15 is 0 Å². The van der Waals surface area contributed by atoms with Crippen LogP contribution in [0.1, 0.15) is 44.1 Å². The van der Waals surface area contributed by atoms with E-state index in [1.54, 1.807) is 12.1 Å². The number of benzene rings is 1. The van der Waals surface area contributed by atoms with Gasteiger partial charge in [-0.05, 0) is 69.4 Å². The highest BCUT2D eigenvalue weighted by Crippen LogP contribution is 2.30. The van der Waals surface area contributed by atoms with Crippen LogP contribution in [0.5, 0.6) is 0 Å². The number of halogens is 2. The molecule has 0 N–H and O–H groups in total. The number of carbonyl (C=O) groups excluding carboxylic acids is 1. The van der Waals surface area contributed by atoms with Crippen LogP contribution < -0.4 is 0 Å². The van der Waals surface area contributed by atoms with E-state index < -0.39 is 0 Å². The maximum absolute atomic E-state index is 13.5. The molecule has 5 heteroatoms. The van der Waals surface area contributed by atoms with Crippen LogP contribution in [0.2, 0.25) is 5.02 Å². The van der Waals surface area contributed by atoms with Gasteiger partial charge >= 0.3 is 5.97 Å². The van der Waals surface area contributed by atoms with Gasteiger partial charge in [0.2, 0.25) is 0 Å². The fourth-order valence-corrected chi connectivity index (χ4v) is 3.05. The van der Waals surface area contributed by atoms with E-state index in [1.807, 2.05) is 13.0 Å². The summed E-state index contributed by atoms with van der Waals surface area (Å²) in [4.78, 5) is 13.7. The first-order valence-corrected chi connectivity index (χ1v) is 8.31. The molecule has 0 amide bonds. The molecule has 1 aromatic carbocycles. The molecule has 0 atom stereocenters. The zero-order chi connectivity index (χ0) is 15.9. The van der Waals surface area contributed by atoms with E-state index in [1.165, 1.54) is 0 Å². The fourth-order valence-electron chi connectivity index (χ4n) is 2.94. The summed E-state index contributed by atoms with van der Waals surface area (Å²) in [7, 11) is 0. The van der Waals surface area contributed by atoms with Crippen molar-refractivity contribution in [2.24, 2.45) is 0 Å². The van der Waals surface area contributed by atoms with Crippen molar-refractivity contribution in [2.45, 2.75) is 38.5 Å². The van der Waals surface area contributed by atoms with E-state index in [-0.39, 0.29) is 16.8 Å². The van der Waals surface area contributed by atoms with Crippen molar-refractivity contribution in [2.75, 3.05) is 26.2 Å². The van der Waals surface area contributed by atoms with Crippen molar-refractivity contribution in [3.63, 3.8) is 0 Å². The molecule has 0 spiro atoms. The topological polar surface area (TPSA) is 29.5 Å². The molecule has 1 aromatic rings. The van der Waals surface area contributed by atoms with Gasteiger partial charge in [-0.1, -0.05) is 17.7 Å². The lowest BCUT2D eigenvalue weighted by Gasteiger charge is -2.32. The number of ether oxygens (including phenoxy) is 1. The lowest BCUT2D eigenvalue weighted by atomic mass is 9.89. The van der Waals surface area contributed by atoms with Crippen LogP contribution in [-0.2, 0) is 9.53 Å². The Hall–Kier alpha value is -1.13. The van der Waals surface area contributed by atoms with Gasteiger partial charge in [-0.2, -0.15) is 0 Å². The third kappa shape index (κ3) is 4.96. The molecule has 0 bridgehead atoms. The summed E-state index contributed by atoms with van der Waals surface area (Å²) >= 11 is 5.73. The Kier molecular flexibility index (Phi) is 6.65. The molecule has 2 rings (SSSR count). The number of rotatable bonds is 6. The summed E-state index contributed by atoms with van der Waals surface area (Å²) in [6, 6.07) is 5.12. The van der Waals surface area contributed by atoms with Crippen LogP contribution in [0.3, 0.4) is 0 Å². The Bertz CT molecular complexity index is 501. The summed E-state index contributed by atoms with van der Waals surface area (Å²) in [6.07, 6.45) is 3.34. The molecular formula is C17H23ClFNO2. The van der Waals surface area contributed by atoms with Crippen molar-refractivity contribution < 1.29 is 13.9 Å². The zero-order valence-corrected chi connectivity index (χ0v) is 13.7. The van der Waals surface area contributed by atoms with Crippen molar-refractivity contribution in [3.8, 4) is 0 Å². The molecule has 0 aromatic heterocycles. The normalized spacial score (nSPS) is 16.7. The molecule has 1 aliphatic rings. The second kappa shape index (κ2) is 8.49. The zero-order valence-electron chi connectivity index (χ0n) is 13.0. The van der Waals surface area contributed by atoms with Gasteiger partial charge in [0.15, 0.2) is 0 Å². The van der Waals surface area contributed by atoms with E-state index in [0.717, 1.165) is 44.5 Å². The lowest BCUT2D eigenvalue weighted by Crippen LogP contribution is -2.34. The van der Waals surface area contributed by atoms with Gasteiger partial charge in [-0.3, -0.25) is 4.79 Å². The van der Waals surface area contributed by atoms with Gasteiger partial charge in [-0.15, -0.1) is 0 Å². The number of piperidine rings is 1. The standard InChI is InChI=1S/C17H23ClFNO2/c1-2-22-17(21)4-3-9-20-10-7-13(8-11-20)14-5-6-15(18)16(19)12-14/h5-6,12-13H,2-4,7-11H2,1H3. The monoisotopic (exact) mass is 327 g/mol. The lowest BCUT2D eigenvalue weighted by molar-refractivity contribution is -0.143. The molecular weight excluding hydrogens is 305 g/mol. The average molecular weight is 328 g/mol. The first kappa shape index (κ1) is 17.2. The quantitative estimate of drug-likeness (QED) is 0.740. The van der Waals surface area contributed by atoms with E-state index in [0.29, 0.717) is 18.9 Å². The molecule has 0 radical (unpaired) electrons. The van der Waals surface area contributed by atoms with Crippen LogP contribution in [0.15, 0.2) is 18.2 Å². The Balaban J connectivity index is 1.73. The molecule has 0 unspecified atom stereocenters. The second-order valence-corrected chi connectivity index (χ2v) is 6.11. The van der Waals surface area contributed by atoms with Gasteiger partial charge in [0.1, 0.15) is 5.82 Å². The SMILES string of the molecule is CCOC(=O)CCCN1CCC(c2ccc(Cl)c(F)c2)CC1. The molecule has 3 nitrogen and oxygen atoms in total. The highest BCUT2D eigenvalue weighted by Gasteiger charge is 2.21. The number of esters is 1. The summed E-state index contributed by atoms with van der Waals surface area (Å²) in [5.74, 6) is -0.0573. The molecule has 0 saturated carbocycles. The Labute approximate surface area is 136 Å². The summed E-state index contributed by atoms with van der Waals surface area (Å²) in [5, 5.41) is 0.181. The second-order valence-electron chi connectivity index (χ2n) is 5.70. The minimum absolute atomic E-state index is 0.117. The van der Waals surface area contributed by atoms with Crippen molar-refractivity contribution in [1.29, 1.82) is 0 Å². The average Bonchev–Trinajstić information content (AvgIpc) is 2.51. The van der Waals surface area contributed by atoms with Gasteiger partial charge in [-0.25, -0.2) is 4.39 Å². The van der Waals surface area contributed by atoms with Crippen molar-refractivity contribution in [1.82, 2.24) is 4.90 Å². The van der Waals surface area contributed by atoms with Crippen LogP contribution in [0.4, 0.5) is 4.39 Å². The maximum Gasteiger partial charge on any atom is 0.305 e. The van der Waals surface area contributed by atoms with Crippen LogP contribution in [0.25, 0.3) is 0 Å². The number of carbonyl (C=O) groups is 1. The predicted octanol–water partition coefficient (Wildman–Crippen LogP) is 4.00. The van der Waals surface area contributed by atoms with Gasteiger partial charge < -0.3 is 9.64 Å². The smallest absolute Gasteiger partial charge is 0.305 e. The minimum atomic E-state index is -0.337. The van der Waals surface area contributed by atoms with Crippen LogP contribution in [0, 0.1) is 5.82 Å². The Morgan fingerprint density at radius 2 is 2.14 bits per heavy atom.